The Balaban J connectivity index is 2.21. The quantitative estimate of drug-likeness (QED) is 0.891. The van der Waals surface area contributed by atoms with Crippen LogP contribution in [0.4, 0.5) is 0 Å². The molecular weight excluding hydrogens is 264 g/mol. The maximum absolute atomic E-state index is 12.2. The van der Waals surface area contributed by atoms with Crippen molar-refractivity contribution in [1.82, 2.24) is 10.3 Å². The van der Waals surface area contributed by atoms with Crippen molar-refractivity contribution in [3.05, 3.63) is 16.1 Å². The molecule has 1 saturated carbocycles. The number of hydrogen-bond acceptors (Lipinski definition) is 4. The Labute approximate surface area is 116 Å². The number of thiazole rings is 1. The third-order valence-corrected chi connectivity index (χ3v) is 4.64. The van der Waals surface area contributed by atoms with E-state index in [-0.39, 0.29) is 11.8 Å². The van der Waals surface area contributed by atoms with E-state index in [2.05, 4.69) is 10.3 Å². The number of rotatable bonds is 3. The molecule has 6 heteroatoms. The number of amides is 1. The van der Waals surface area contributed by atoms with E-state index >= 15 is 0 Å². The zero-order valence-corrected chi connectivity index (χ0v) is 11.9. The first kappa shape index (κ1) is 14.0. The van der Waals surface area contributed by atoms with Crippen LogP contribution in [0.3, 0.4) is 0 Å². The van der Waals surface area contributed by atoms with E-state index in [9.17, 15) is 14.7 Å². The minimum Gasteiger partial charge on any atom is -0.479 e. The molecule has 1 heterocycles. The molecule has 0 radical (unpaired) electrons. The number of carbonyl (C=O) groups excluding carboxylic acids is 1. The van der Waals surface area contributed by atoms with Gasteiger partial charge in [-0.05, 0) is 25.7 Å². The highest BCUT2D eigenvalue weighted by Gasteiger charge is 2.46. The maximum atomic E-state index is 12.2. The molecule has 1 amide bonds. The smallest absolute Gasteiger partial charge is 0.329 e. The lowest BCUT2D eigenvalue weighted by atomic mass is 9.73. The second kappa shape index (κ2) is 5.28. The topological polar surface area (TPSA) is 79.3 Å². The molecule has 0 saturated heterocycles. The zero-order valence-electron chi connectivity index (χ0n) is 11.1. The standard InChI is InChI=1S/C13H18N2O3S/c1-8-5-3-4-6-13(8,12(17)18)15-11(16)10-7-19-9(2)14-10/h7-8H,3-6H2,1-2H3,(H,15,16)(H,17,18). The number of carboxylic acid groups (broad SMARTS) is 1. The zero-order chi connectivity index (χ0) is 14.0. The molecule has 104 valence electrons. The van der Waals surface area contributed by atoms with Crippen LogP contribution in [0.15, 0.2) is 5.38 Å². The summed E-state index contributed by atoms with van der Waals surface area (Å²) in [5.74, 6) is -1.40. The van der Waals surface area contributed by atoms with Crippen molar-refractivity contribution in [2.75, 3.05) is 0 Å². The molecule has 1 fully saturated rings. The van der Waals surface area contributed by atoms with Gasteiger partial charge in [0.05, 0.1) is 5.01 Å². The summed E-state index contributed by atoms with van der Waals surface area (Å²) in [6.07, 6.45) is 3.15. The van der Waals surface area contributed by atoms with Crippen molar-refractivity contribution < 1.29 is 14.7 Å². The first-order valence-corrected chi connectivity index (χ1v) is 7.32. The number of nitrogens with one attached hydrogen (secondary N) is 1. The summed E-state index contributed by atoms with van der Waals surface area (Å²) in [5.41, 5.74) is -0.840. The summed E-state index contributed by atoms with van der Waals surface area (Å²) in [6.45, 7) is 3.71. The molecule has 2 rings (SSSR count). The van der Waals surface area contributed by atoms with Gasteiger partial charge in [0, 0.05) is 5.38 Å². The van der Waals surface area contributed by atoms with Gasteiger partial charge < -0.3 is 10.4 Å². The molecule has 0 aliphatic heterocycles. The number of carboxylic acids is 1. The predicted molar refractivity (Wildman–Crippen MR) is 72.3 cm³/mol. The van der Waals surface area contributed by atoms with Crippen molar-refractivity contribution in [2.24, 2.45) is 5.92 Å². The summed E-state index contributed by atoms with van der Waals surface area (Å²) in [4.78, 5) is 27.9. The monoisotopic (exact) mass is 282 g/mol. The number of aromatic nitrogens is 1. The van der Waals surface area contributed by atoms with Crippen LogP contribution in [-0.4, -0.2) is 27.5 Å². The Hall–Kier alpha value is -1.43. The highest BCUT2D eigenvalue weighted by Crippen LogP contribution is 2.34. The van der Waals surface area contributed by atoms with E-state index < -0.39 is 11.5 Å². The minimum atomic E-state index is -1.15. The molecular formula is C13H18N2O3S. The minimum absolute atomic E-state index is 0.0672. The van der Waals surface area contributed by atoms with Gasteiger partial charge in [0.15, 0.2) is 0 Å². The molecule has 19 heavy (non-hydrogen) atoms. The molecule has 2 unspecified atom stereocenters. The fourth-order valence-electron chi connectivity index (χ4n) is 2.64. The summed E-state index contributed by atoms with van der Waals surface area (Å²) in [6, 6.07) is 0. The van der Waals surface area contributed by atoms with Gasteiger partial charge >= 0.3 is 5.97 Å². The van der Waals surface area contributed by atoms with E-state index in [1.807, 2.05) is 13.8 Å². The number of aryl methyl sites for hydroxylation is 1. The van der Waals surface area contributed by atoms with Gasteiger partial charge in [-0.1, -0.05) is 19.8 Å². The molecule has 0 bridgehead atoms. The van der Waals surface area contributed by atoms with E-state index in [4.69, 9.17) is 0 Å². The number of nitrogens with zero attached hydrogens (tertiary/aromatic N) is 1. The molecule has 2 atom stereocenters. The van der Waals surface area contributed by atoms with E-state index in [1.54, 1.807) is 5.38 Å². The number of carbonyl (C=O) groups is 2. The maximum Gasteiger partial charge on any atom is 0.329 e. The summed E-state index contributed by atoms with van der Waals surface area (Å²) >= 11 is 1.38. The Morgan fingerprint density at radius 3 is 2.79 bits per heavy atom. The number of hydrogen-bond donors (Lipinski definition) is 2. The largest absolute Gasteiger partial charge is 0.479 e. The second-order valence-corrected chi connectivity index (χ2v) is 6.19. The van der Waals surface area contributed by atoms with E-state index in [0.29, 0.717) is 12.1 Å². The lowest BCUT2D eigenvalue weighted by molar-refractivity contribution is -0.148. The first-order chi connectivity index (χ1) is 8.95. The third-order valence-electron chi connectivity index (χ3n) is 3.87. The fraction of sp³-hybridized carbons (Fsp3) is 0.615. The molecule has 0 aromatic carbocycles. The van der Waals surface area contributed by atoms with Gasteiger partial charge in [-0.15, -0.1) is 11.3 Å². The second-order valence-electron chi connectivity index (χ2n) is 5.13. The van der Waals surface area contributed by atoms with Crippen LogP contribution in [-0.2, 0) is 4.79 Å². The number of aliphatic carboxylic acids is 1. The fourth-order valence-corrected chi connectivity index (χ4v) is 3.23. The van der Waals surface area contributed by atoms with Gasteiger partial charge in [-0.2, -0.15) is 0 Å². The van der Waals surface area contributed by atoms with E-state index in [1.165, 1.54) is 11.3 Å². The van der Waals surface area contributed by atoms with Gasteiger partial charge in [0.1, 0.15) is 11.2 Å². The summed E-state index contributed by atoms with van der Waals surface area (Å²) in [5, 5.41) is 14.7. The molecule has 1 aliphatic rings. The third kappa shape index (κ3) is 2.63. The lowest BCUT2D eigenvalue weighted by Gasteiger charge is -2.39. The Kier molecular flexibility index (Phi) is 3.89. The van der Waals surface area contributed by atoms with Gasteiger partial charge in [-0.25, -0.2) is 9.78 Å². The predicted octanol–water partition coefficient (Wildman–Crippen LogP) is 2.21. The van der Waals surface area contributed by atoms with Crippen LogP contribution in [0, 0.1) is 12.8 Å². The van der Waals surface area contributed by atoms with Crippen molar-refractivity contribution in [2.45, 2.75) is 45.1 Å². The molecule has 5 nitrogen and oxygen atoms in total. The van der Waals surface area contributed by atoms with Crippen LogP contribution >= 0.6 is 11.3 Å². The van der Waals surface area contributed by atoms with Gasteiger partial charge in [-0.3, -0.25) is 4.79 Å². The van der Waals surface area contributed by atoms with Crippen molar-refractivity contribution in [1.29, 1.82) is 0 Å². The molecule has 2 N–H and O–H groups in total. The van der Waals surface area contributed by atoms with E-state index in [0.717, 1.165) is 24.3 Å². The SMILES string of the molecule is Cc1nc(C(=O)NC2(C(=O)O)CCCCC2C)cs1. The summed E-state index contributed by atoms with van der Waals surface area (Å²) < 4.78 is 0. The molecule has 0 spiro atoms. The normalized spacial score (nSPS) is 26.9. The Bertz CT molecular complexity index is 500. The highest BCUT2D eigenvalue weighted by molar-refractivity contribution is 7.09. The van der Waals surface area contributed by atoms with Crippen LogP contribution in [0.2, 0.25) is 0 Å². The Morgan fingerprint density at radius 1 is 1.53 bits per heavy atom. The highest BCUT2D eigenvalue weighted by atomic mass is 32.1. The molecule has 1 aliphatic carbocycles. The van der Waals surface area contributed by atoms with Gasteiger partial charge in [0.25, 0.3) is 5.91 Å². The molecule has 1 aromatic rings. The van der Waals surface area contributed by atoms with Crippen molar-refractivity contribution in [3.63, 3.8) is 0 Å². The van der Waals surface area contributed by atoms with Crippen LogP contribution in [0.5, 0.6) is 0 Å². The van der Waals surface area contributed by atoms with Crippen LogP contribution in [0.1, 0.15) is 48.1 Å². The van der Waals surface area contributed by atoms with Crippen LogP contribution < -0.4 is 5.32 Å². The molecule has 1 aromatic heterocycles. The van der Waals surface area contributed by atoms with Crippen molar-refractivity contribution >= 4 is 23.2 Å². The van der Waals surface area contributed by atoms with Crippen molar-refractivity contribution in [3.8, 4) is 0 Å². The van der Waals surface area contributed by atoms with Gasteiger partial charge in [0.2, 0.25) is 0 Å². The Morgan fingerprint density at radius 2 is 2.26 bits per heavy atom. The summed E-state index contributed by atoms with van der Waals surface area (Å²) in [7, 11) is 0. The lowest BCUT2D eigenvalue weighted by Crippen LogP contribution is -2.60. The first-order valence-electron chi connectivity index (χ1n) is 6.44. The van der Waals surface area contributed by atoms with Crippen LogP contribution in [0.25, 0.3) is 0 Å². The average molecular weight is 282 g/mol. The average Bonchev–Trinajstić information content (AvgIpc) is 2.78.